The van der Waals surface area contributed by atoms with Crippen LogP contribution < -0.4 is 0 Å². The van der Waals surface area contributed by atoms with E-state index in [9.17, 15) is 0 Å². The second-order valence-corrected chi connectivity index (χ2v) is 5.15. The summed E-state index contributed by atoms with van der Waals surface area (Å²) in [5.74, 6) is 1.93. The van der Waals surface area contributed by atoms with Crippen molar-refractivity contribution in [1.29, 1.82) is 0 Å². The van der Waals surface area contributed by atoms with Crippen LogP contribution in [0.3, 0.4) is 0 Å². The minimum Gasteiger partial charge on any atom is -0.240 e. The van der Waals surface area contributed by atoms with Gasteiger partial charge in [-0.1, -0.05) is 23.4 Å². The van der Waals surface area contributed by atoms with Crippen LogP contribution in [0.1, 0.15) is 6.42 Å². The summed E-state index contributed by atoms with van der Waals surface area (Å²) in [5, 5.41) is 6.25. The van der Waals surface area contributed by atoms with E-state index in [2.05, 4.69) is 10.1 Å². The van der Waals surface area contributed by atoms with Crippen molar-refractivity contribution in [2.24, 2.45) is 0 Å². The molecule has 1 aliphatic heterocycles. The van der Waals surface area contributed by atoms with Crippen LogP contribution in [0.25, 0.3) is 11.4 Å². The zero-order chi connectivity index (χ0) is 11.0. The molecule has 0 atom stereocenters. The summed E-state index contributed by atoms with van der Waals surface area (Å²) in [4.78, 5) is 4.52. The highest BCUT2D eigenvalue weighted by Crippen LogP contribution is 2.26. The maximum Gasteiger partial charge on any atom is 0.186 e. The molecule has 3 nitrogen and oxygen atoms in total. The quantitative estimate of drug-likeness (QED) is 0.780. The maximum absolute atomic E-state index is 5.85. The van der Waals surface area contributed by atoms with Crippen molar-refractivity contribution < 1.29 is 0 Å². The molecule has 5 heteroatoms. The van der Waals surface area contributed by atoms with E-state index >= 15 is 0 Å². The molecular weight excluding hydrogens is 242 g/mol. The topological polar surface area (TPSA) is 30.7 Å². The lowest BCUT2D eigenvalue weighted by atomic mass is 10.2. The molecule has 2 aromatic rings. The molecule has 0 aliphatic carbocycles. The van der Waals surface area contributed by atoms with E-state index < -0.39 is 0 Å². The van der Waals surface area contributed by atoms with Crippen LogP contribution in [0.2, 0.25) is 5.02 Å². The number of nitrogens with zero attached hydrogens (tertiary/aromatic N) is 3. The van der Waals surface area contributed by atoms with Gasteiger partial charge in [0.1, 0.15) is 0 Å². The molecule has 0 N–H and O–H groups in total. The first-order valence-corrected chi connectivity index (χ1v) is 6.53. The van der Waals surface area contributed by atoms with E-state index in [1.165, 1.54) is 6.42 Å². The largest absolute Gasteiger partial charge is 0.240 e. The number of thioether (sulfide) groups is 1. The number of fused-ring (bicyclic) bond motifs is 1. The lowest BCUT2D eigenvalue weighted by Crippen LogP contribution is -2.07. The molecule has 1 aliphatic rings. The van der Waals surface area contributed by atoms with Crippen molar-refractivity contribution in [3.63, 3.8) is 0 Å². The predicted molar refractivity (Wildman–Crippen MR) is 65.8 cm³/mol. The van der Waals surface area contributed by atoms with Crippen LogP contribution in [0.15, 0.2) is 29.4 Å². The Morgan fingerprint density at radius 3 is 2.81 bits per heavy atom. The summed E-state index contributed by atoms with van der Waals surface area (Å²) >= 11 is 7.62. The smallest absolute Gasteiger partial charge is 0.186 e. The van der Waals surface area contributed by atoms with Crippen LogP contribution in [0.5, 0.6) is 0 Å². The molecule has 0 fully saturated rings. The molecule has 3 rings (SSSR count). The number of aromatic nitrogens is 3. The monoisotopic (exact) mass is 251 g/mol. The van der Waals surface area contributed by atoms with Gasteiger partial charge < -0.3 is 0 Å². The molecular formula is C11H10ClN3S. The Hall–Kier alpha value is -1.00. The molecule has 2 heterocycles. The Labute approximate surface area is 103 Å². The van der Waals surface area contributed by atoms with Crippen LogP contribution in [-0.4, -0.2) is 20.5 Å². The van der Waals surface area contributed by atoms with Gasteiger partial charge in [0.2, 0.25) is 0 Å². The average Bonchev–Trinajstić information content (AvgIpc) is 2.73. The van der Waals surface area contributed by atoms with Gasteiger partial charge in [0.05, 0.1) is 0 Å². The van der Waals surface area contributed by atoms with E-state index in [1.807, 2.05) is 28.9 Å². The lowest BCUT2D eigenvalue weighted by molar-refractivity contribution is 0.540. The maximum atomic E-state index is 5.85. The van der Waals surface area contributed by atoms with Crippen molar-refractivity contribution in [2.75, 3.05) is 5.75 Å². The highest BCUT2D eigenvalue weighted by molar-refractivity contribution is 7.99. The number of hydrogen-bond acceptors (Lipinski definition) is 3. The highest BCUT2D eigenvalue weighted by Gasteiger charge is 2.15. The molecule has 0 unspecified atom stereocenters. The predicted octanol–water partition coefficient (Wildman–Crippen LogP) is 3.09. The van der Waals surface area contributed by atoms with Crippen LogP contribution in [-0.2, 0) is 6.54 Å². The molecule has 1 aromatic heterocycles. The molecule has 0 spiro atoms. The lowest BCUT2D eigenvalue weighted by Gasteiger charge is -2.09. The highest BCUT2D eigenvalue weighted by atomic mass is 35.5. The minimum atomic E-state index is 0.738. The standard InChI is InChI=1S/C11H10ClN3S/c12-9-4-2-8(3-5-9)10-13-11-15(14-10)6-1-7-16-11/h2-5H,1,6-7H2. The molecule has 0 saturated heterocycles. The summed E-state index contributed by atoms with van der Waals surface area (Å²) < 4.78 is 1.98. The van der Waals surface area contributed by atoms with Gasteiger partial charge in [-0.15, -0.1) is 5.10 Å². The minimum absolute atomic E-state index is 0.738. The molecule has 16 heavy (non-hydrogen) atoms. The summed E-state index contributed by atoms with van der Waals surface area (Å²) in [7, 11) is 0. The van der Waals surface area contributed by atoms with Gasteiger partial charge in [0.15, 0.2) is 11.0 Å². The van der Waals surface area contributed by atoms with Gasteiger partial charge in [0, 0.05) is 22.9 Å². The van der Waals surface area contributed by atoms with Crippen molar-refractivity contribution in [3.05, 3.63) is 29.3 Å². The molecule has 0 bridgehead atoms. The third kappa shape index (κ3) is 1.83. The third-order valence-corrected chi connectivity index (χ3v) is 3.79. The van der Waals surface area contributed by atoms with Crippen molar-refractivity contribution in [3.8, 4) is 11.4 Å². The van der Waals surface area contributed by atoms with E-state index in [0.717, 1.165) is 33.9 Å². The number of halogens is 1. The average molecular weight is 252 g/mol. The Morgan fingerprint density at radius 1 is 1.25 bits per heavy atom. The molecule has 1 aromatic carbocycles. The number of aryl methyl sites for hydroxylation is 1. The van der Waals surface area contributed by atoms with Gasteiger partial charge in [-0.05, 0) is 30.7 Å². The van der Waals surface area contributed by atoms with E-state index in [1.54, 1.807) is 11.8 Å². The first kappa shape index (κ1) is 10.2. The van der Waals surface area contributed by atoms with Gasteiger partial charge in [-0.25, -0.2) is 9.67 Å². The van der Waals surface area contributed by atoms with Gasteiger partial charge in [-0.2, -0.15) is 0 Å². The van der Waals surface area contributed by atoms with Crippen LogP contribution in [0.4, 0.5) is 0 Å². The summed E-state index contributed by atoms with van der Waals surface area (Å²) in [6.07, 6.45) is 1.17. The first-order chi connectivity index (χ1) is 7.83. The van der Waals surface area contributed by atoms with Gasteiger partial charge in [-0.3, -0.25) is 0 Å². The fraction of sp³-hybridized carbons (Fsp3) is 0.273. The molecule has 0 amide bonds. The molecule has 0 radical (unpaired) electrons. The Balaban J connectivity index is 2.00. The van der Waals surface area contributed by atoms with Crippen LogP contribution >= 0.6 is 23.4 Å². The Kier molecular flexibility index (Phi) is 2.61. The Morgan fingerprint density at radius 2 is 2.06 bits per heavy atom. The fourth-order valence-electron chi connectivity index (χ4n) is 1.68. The number of rotatable bonds is 1. The number of hydrogen-bond donors (Lipinski definition) is 0. The summed E-state index contributed by atoms with van der Waals surface area (Å²) in [6.45, 7) is 0.975. The summed E-state index contributed by atoms with van der Waals surface area (Å²) in [6, 6.07) is 7.64. The fourth-order valence-corrected chi connectivity index (χ4v) is 2.69. The second-order valence-electron chi connectivity index (χ2n) is 3.65. The third-order valence-electron chi connectivity index (χ3n) is 2.49. The SMILES string of the molecule is Clc1ccc(-c2nc3n(n2)CCCS3)cc1. The van der Waals surface area contributed by atoms with Gasteiger partial charge >= 0.3 is 0 Å². The zero-order valence-electron chi connectivity index (χ0n) is 8.56. The van der Waals surface area contributed by atoms with E-state index in [-0.39, 0.29) is 0 Å². The van der Waals surface area contributed by atoms with Crippen molar-refractivity contribution in [2.45, 2.75) is 18.1 Å². The molecule has 0 saturated carbocycles. The van der Waals surface area contributed by atoms with Gasteiger partial charge in [0.25, 0.3) is 0 Å². The Bertz CT molecular complexity index is 483. The van der Waals surface area contributed by atoms with E-state index in [4.69, 9.17) is 11.6 Å². The van der Waals surface area contributed by atoms with Crippen LogP contribution in [0, 0.1) is 0 Å². The molecule has 82 valence electrons. The van der Waals surface area contributed by atoms with Crippen molar-refractivity contribution >= 4 is 23.4 Å². The van der Waals surface area contributed by atoms with E-state index in [0.29, 0.717) is 0 Å². The zero-order valence-corrected chi connectivity index (χ0v) is 10.1. The second kappa shape index (κ2) is 4.11. The summed E-state index contributed by atoms with van der Waals surface area (Å²) in [5.41, 5.74) is 1.02. The number of benzene rings is 1. The van der Waals surface area contributed by atoms with Crippen molar-refractivity contribution in [1.82, 2.24) is 14.8 Å². The first-order valence-electron chi connectivity index (χ1n) is 5.16. The normalized spacial score (nSPS) is 14.8.